The molecule has 0 aliphatic heterocycles. The van der Waals surface area contributed by atoms with Gasteiger partial charge in [0.2, 0.25) is 0 Å². The number of aliphatic hydroxyl groups excluding tert-OH is 1. The SMILES string of the molecule is O=C(CC(C(=O)O)c1c[nH]c2cc(CO)ccc12)c1ccc(F)cc1F. The van der Waals surface area contributed by atoms with Crippen molar-refractivity contribution >= 4 is 22.7 Å². The van der Waals surface area contributed by atoms with Crippen molar-refractivity contribution in [1.82, 2.24) is 4.98 Å². The Hall–Kier alpha value is -3.06. The molecule has 0 aliphatic carbocycles. The summed E-state index contributed by atoms with van der Waals surface area (Å²) in [6.45, 7) is -0.158. The van der Waals surface area contributed by atoms with Crippen LogP contribution in [0.15, 0.2) is 42.6 Å². The molecule has 0 bridgehead atoms. The molecule has 7 heteroatoms. The number of carboxylic acid groups (broad SMARTS) is 1. The minimum absolute atomic E-state index is 0.158. The molecule has 0 amide bonds. The van der Waals surface area contributed by atoms with Gasteiger partial charge in [0.15, 0.2) is 5.78 Å². The van der Waals surface area contributed by atoms with Gasteiger partial charge in [-0.1, -0.05) is 12.1 Å². The van der Waals surface area contributed by atoms with Gasteiger partial charge in [-0.15, -0.1) is 0 Å². The van der Waals surface area contributed by atoms with Crippen LogP contribution in [0.2, 0.25) is 0 Å². The Balaban J connectivity index is 1.95. The Labute approximate surface area is 146 Å². The highest BCUT2D eigenvalue weighted by molar-refractivity contribution is 6.00. The number of aromatic amines is 1. The number of fused-ring (bicyclic) bond motifs is 1. The van der Waals surface area contributed by atoms with E-state index < -0.39 is 35.7 Å². The number of aromatic nitrogens is 1. The fraction of sp³-hybridized carbons (Fsp3) is 0.158. The lowest BCUT2D eigenvalue weighted by molar-refractivity contribution is -0.138. The van der Waals surface area contributed by atoms with E-state index >= 15 is 0 Å². The summed E-state index contributed by atoms with van der Waals surface area (Å²) in [4.78, 5) is 27.0. The van der Waals surface area contributed by atoms with Crippen LogP contribution >= 0.6 is 0 Å². The van der Waals surface area contributed by atoms with Crippen LogP contribution in [-0.2, 0) is 11.4 Å². The number of Topliss-reactive ketones (excluding diaryl/α,β-unsaturated/α-hetero) is 1. The number of halogens is 2. The molecule has 0 fully saturated rings. The van der Waals surface area contributed by atoms with Crippen LogP contribution in [0.5, 0.6) is 0 Å². The van der Waals surface area contributed by atoms with Crippen molar-refractivity contribution in [2.24, 2.45) is 0 Å². The second kappa shape index (κ2) is 7.05. The van der Waals surface area contributed by atoms with E-state index in [9.17, 15) is 28.6 Å². The van der Waals surface area contributed by atoms with Crippen LogP contribution in [0.25, 0.3) is 10.9 Å². The topological polar surface area (TPSA) is 90.4 Å². The molecule has 134 valence electrons. The lowest BCUT2D eigenvalue weighted by Gasteiger charge is -2.12. The maximum atomic E-state index is 13.8. The first-order chi connectivity index (χ1) is 12.4. The van der Waals surface area contributed by atoms with Gasteiger partial charge in [0.1, 0.15) is 11.6 Å². The standard InChI is InChI=1S/C19H15F2NO4/c20-11-2-4-13(16(21)6-11)18(24)7-14(19(25)26)15-8-22-17-5-10(9-23)1-3-12(15)17/h1-6,8,14,22-23H,7,9H2,(H,25,26). The number of H-pyrrole nitrogens is 1. The van der Waals surface area contributed by atoms with Gasteiger partial charge >= 0.3 is 5.97 Å². The third kappa shape index (κ3) is 3.34. The molecule has 1 atom stereocenters. The summed E-state index contributed by atoms with van der Waals surface area (Å²) < 4.78 is 26.8. The number of nitrogens with one attached hydrogen (secondary N) is 1. The van der Waals surface area contributed by atoms with Gasteiger partial charge in [-0.2, -0.15) is 0 Å². The summed E-state index contributed by atoms with van der Waals surface area (Å²) >= 11 is 0. The van der Waals surface area contributed by atoms with Crippen molar-refractivity contribution in [2.75, 3.05) is 0 Å². The molecule has 1 unspecified atom stereocenters. The number of carbonyl (C=O) groups excluding carboxylic acids is 1. The molecular formula is C19H15F2NO4. The summed E-state index contributed by atoms with van der Waals surface area (Å²) in [5.41, 5.74) is 1.31. The normalized spacial score (nSPS) is 12.3. The van der Waals surface area contributed by atoms with Crippen molar-refractivity contribution in [1.29, 1.82) is 0 Å². The average Bonchev–Trinajstić information content (AvgIpc) is 3.01. The van der Waals surface area contributed by atoms with Gasteiger partial charge < -0.3 is 15.2 Å². The van der Waals surface area contributed by atoms with Gasteiger partial charge in [0, 0.05) is 29.6 Å². The molecular weight excluding hydrogens is 344 g/mol. The monoisotopic (exact) mass is 359 g/mol. The molecule has 0 saturated heterocycles. The number of ketones is 1. The van der Waals surface area contributed by atoms with Crippen molar-refractivity contribution in [3.05, 3.63) is 70.9 Å². The molecule has 0 radical (unpaired) electrons. The van der Waals surface area contributed by atoms with E-state index in [0.29, 0.717) is 28.1 Å². The number of carboxylic acids is 1. The smallest absolute Gasteiger partial charge is 0.311 e. The Morgan fingerprint density at radius 3 is 2.54 bits per heavy atom. The number of carbonyl (C=O) groups is 2. The summed E-state index contributed by atoms with van der Waals surface area (Å²) in [6, 6.07) is 7.54. The summed E-state index contributed by atoms with van der Waals surface area (Å²) in [6.07, 6.45) is 1.02. The molecule has 0 spiro atoms. The second-order valence-electron chi connectivity index (χ2n) is 5.92. The molecule has 1 aromatic heterocycles. The zero-order chi connectivity index (χ0) is 18.8. The fourth-order valence-electron chi connectivity index (χ4n) is 2.92. The van der Waals surface area contributed by atoms with Crippen molar-refractivity contribution in [3.63, 3.8) is 0 Å². The van der Waals surface area contributed by atoms with Crippen LogP contribution < -0.4 is 0 Å². The van der Waals surface area contributed by atoms with E-state index in [1.54, 1.807) is 18.2 Å². The average molecular weight is 359 g/mol. The van der Waals surface area contributed by atoms with Gasteiger partial charge in [-0.05, 0) is 29.3 Å². The van der Waals surface area contributed by atoms with Crippen molar-refractivity contribution < 1.29 is 28.6 Å². The highest BCUT2D eigenvalue weighted by Crippen LogP contribution is 2.30. The van der Waals surface area contributed by atoms with E-state index in [0.717, 1.165) is 12.1 Å². The van der Waals surface area contributed by atoms with Gasteiger partial charge in [0.25, 0.3) is 0 Å². The summed E-state index contributed by atoms with van der Waals surface area (Å²) in [5.74, 6) is -4.99. The molecule has 26 heavy (non-hydrogen) atoms. The first-order valence-electron chi connectivity index (χ1n) is 7.82. The highest BCUT2D eigenvalue weighted by Gasteiger charge is 2.27. The predicted octanol–water partition coefficient (Wildman–Crippen LogP) is 3.38. The molecule has 0 aliphatic rings. The maximum Gasteiger partial charge on any atom is 0.311 e. The number of rotatable bonds is 6. The maximum absolute atomic E-state index is 13.8. The van der Waals surface area contributed by atoms with Crippen LogP contribution in [0.1, 0.15) is 33.8 Å². The molecule has 1 heterocycles. The van der Waals surface area contributed by atoms with Crippen LogP contribution in [0, 0.1) is 11.6 Å². The lowest BCUT2D eigenvalue weighted by atomic mass is 9.91. The van der Waals surface area contributed by atoms with Gasteiger partial charge in [-0.25, -0.2) is 8.78 Å². The molecule has 3 rings (SSSR count). The van der Waals surface area contributed by atoms with E-state index in [1.807, 2.05) is 0 Å². The number of hydrogen-bond donors (Lipinski definition) is 3. The molecule has 0 saturated carbocycles. The van der Waals surface area contributed by atoms with E-state index in [1.165, 1.54) is 6.20 Å². The summed E-state index contributed by atoms with van der Waals surface area (Å²) in [5, 5.41) is 19.3. The minimum Gasteiger partial charge on any atom is -0.481 e. The largest absolute Gasteiger partial charge is 0.481 e. The second-order valence-corrected chi connectivity index (χ2v) is 5.92. The fourth-order valence-corrected chi connectivity index (χ4v) is 2.92. The number of aliphatic hydroxyl groups is 1. The Morgan fingerprint density at radius 1 is 1.12 bits per heavy atom. The Morgan fingerprint density at radius 2 is 1.88 bits per heavy atom. The lowest BCUT2D eigenvalue weighted by Crippen LogP contribution is -2.17. The molecule has 3 aromatic rings. The van der Waals surface area contributed by atoms with Crippen LogP contribution in [0.4, 0.5) is 8.78 Å². The third-order valence-electron chi connectivity index (χ3n) is 4.26. The van der Waals surface area contributed by atoms with E-state index in [4.69, 9.17) is 0 Å². The minimum atomic E-state index is -1.23. The zero-order valence-corrected chi connectivity index (χ0v) is 13.5. The molecule has 5 nitrogen and oxygen atoms in total. The highest BCUT2D eigenvalue weighted by atomic mass is 19.1. The van der Waals surface area contributed by atoms with Crippen molar-refractivity contribution in [3.8, 4) is 0 Å². The van der Waals surface area contributed by atoms with Gasteiger partial charge in [-0.3, -0.25) is 9.59 Å². The molecule has 2 aromatic carbocycles. The first-order valence-corrected chi connectivity index (χ1v) is 7.82. The Bertz CT molecular complexity index is 996. The predicted molar refractivity (Wildman–Crippen MR) is 89.9 cm³/mol. The van der Waals surface area contributed by atoms with E-state index in [-0.39, 0.29) is 12.2 Å². The first kappa shape index (κ1) is 17.8. The number of hydrogen-bond acceptors (Lipinski definition) is 3. The van der Waals surface area contributed by atoms with E-state index in [2.05, 4.69) is 4.98 Å². The summed E-state index contributed by atoms with van der Waals surface area (Å²) in [7, 11) is 0. The Kier molecular flexibility index (Phi) is 4.81. The van der Waals surface area contributed by atoms with Crippen molar-refractivity contribution in [2.45, 2.75) is 18.9 Å². The zero-order valence-electron chi connectivity index (χ0n) is 13.5. The van der Waals surface area contributed by atoms with Gasteiger partial charge in [0.05, 0.1) is 18.1 Å². The number of benzene rings is 2. The molecule has 3 N–H and O–H groups in total. The van der Waals surface area contributed by atoms with Crippen LogP contribution in [-0.4, -0.2) is 26.9 Å². The third-order valence-corrected chi connectivity index (χ3v) is 4.26. The quantitative estimate of drug-likeness (QED) is 0.589. The number of aliphatic carboxylic acids is 1. The van der Waals surface area contributed by atoms with Crippen LogP contribution in [0.3, 0.4) is 0 Å².